The zero-order valence-corrected chi connectivity index (χ0v) is 17.2. The average Bonchev–Trinajstić information content (AvgIpc) is 3.35. The Kier molecular flexibility index (Phi) is 7.25. The topological polar surface area (TPSA) is 49.8 Å². The smallest absolute Gasteiger partial charge is 0.229 e. The molecule has 1 aromatic carbocycles. The van der Waals surface area contributed by atoms with Crippen molar-refractivity contribution < 1.29 is 14.6 Å². The Hall–Kier alpha value is -1.71. The number of unbranched alkanes of at least 4 members (excludes halogenated alkanes) is 9. The molecule has 0 amide bonds. The summed E-state index contributed by atoms with van der Waals surface area (Å²) in [6.07, 6.45) is 19.5. The highest BCUT2D eigenvalue weighted by Gasteiger charge is 2.73. The third kappa shape index (κ3) is 4.82. The average molecular weight is 383 g/mol. The second-order valence-electron chi connectivity index (χ2n) is 8.21. The van der Waals surface area contributed by atoms with E-state index in [1.807, 2.05) is 24.3 Å². The van der Waals surface area contributed by atoms with Crippen LogP contribution in [0.4, 0.5) is 0 Å². The van der Waals surface area contributed by atoms with E-state index in [0.29, 0.717) is 5.56 Å². The minimum atomic E-state index is -1.47. The minimum Gasteiger partial charge on any atom is -0.359 e. The fourth-order valence-corrected chi connectivity index (χ4v) is 4.09. The largest absolute Gasteiger partial charge is 0.359 e. The van der Waals surface area contributed by atoms with Gasteiger partial charge >= 0.3 is 0 Å². The Morgan fingerprint density at radius 2 is 1.54 bits per heavy atom. The Balaban J connectivity index is 1.37. The van der Waals surface area contributed by atoms with E-state index >= 15 is 0 Å². The van der Waals surface area contributed by atoms with Gasteiger partial charge in [-0.1, -0.05) is 101 Å². The quantitative estimate of drug-likeness (QED) is 0.253. The number of ketones is 1. The molecular formula is C25H34O3. The zero-order valence-electron chi connectivity index (χ0n) is 17.2. The molecule has 152 valence electrons. The fourth-order valence-electron chi connectivity index (χ4n) is 4.09. The second kappa shape index (κ2) is 9.67. The van der Waals surface area contributed by atoms with Gasteiger partial charge in [0, 0.05) is 5.56 Å². The molecule has 0 spiro atoms. The third-order valence-electron chi connectivity index (χ3n) is 5.91. The summed E-state index contributed by atoms with van der Waals surface area (Å²) in [7, 11) is 0. The van der Waals surface area contributed by atoms with Gasteiger partial charge in [0.1, 0.15) is 0 Å². The molecule has 2 unspecified atom stereocenters. The van der Waals surface area contributed by atoms with Crippen molar-refractivity contribution in [1.82, 2.24) is 0 Å². The molecule has 1 heterocycles. The maximum atomic E-state index is 12.8. The number of epoxide rings is 1. The van der Waals surface area contributed by atoms with Gasteiger partial charge in [0.2, 0.25) is 17.2 Å². The summed E-state index contributed by atoms with van der Waals surface area (Å²) in [5.74, 6) is -1.65. The van der Waals surface area contributed by atoms with E-state index in [0.717, 1.165) is 18.4 Å². The molecular weight excluding hydrogens is 348 g/mol. The van der Waals surface area contributed by atoms with Crippen LogP contribution >= 0.6 is 0 Å². The molecule has 1 N–H and O–H groups in total. The number of rotatable bonds is 13. The molecule has 1 aliphatic carbocycles. The highest BCUT2D eigenvalue weighted by atomic mass is 16.8. The number of Topliss-reactive ketones (excluding diaryl/α,β-unsaturated/α-hetero) is 1. The molecule has 0 radical (unpaired) electrons. The Morgan fingerprint density at radius 3 is 2.14 bits per heavy atom. The number of hydrogen-bond donors (Lipinski definition) is 1. The molecule has 1 aliphatic heterocycles. The summed E-state index contributed by atoms with van der Waals surface area (Å²) in [6.45, 7) is 2.26. The van der Waals surface area contributed by atoms with Crippen molar-refractivity contribution in [3.63, 3.8) is 0 Å². The third-order valence-corrected chi connectivity index (χ3v) is 5.91. The molecule has 1 fully saturated rings. The van der Waals surface area contributed by atoms with Gasteiger partial charge in [-0.25, -0.2) is 0 Å². The summed E-state index contributed by atoms with van der Waals surface area (Å²) in [6, 6.07) is 9.04. The van der Waals surface area contributed by atoms with Gasteiger partial charge in [-0.05, 0) is 30.6 Å². The van der Waals surface area contributed by atoms with Crippen LogP contribution in [0.3, 0.4) is 0 Å². The molecule has 2 atom stereocenters. The SMILES string of the molecule is CCCCCCCCCCCCC1=CC2(O)OC2(C(=O)c2ccccc2)C=C1. The van der Waals surface area contributed by atoms with Gasteiger partial charge in [-0.2, -0.15) is 0 Å². The summed E-state index contributed by atoms with van der Waals surface area (Å²) in [5, 5.41) is 10.7. The summed E-state index contributed by atoms with van der Waals surface area (Å²) in [4.78, 5) is 12.8. The lowest BCUT2D eigenvalue weighted by molar-refractivity contribution is 0.0818. The number of carbonyl (C=O) groups excluding carboxylic acids is 1. The molecule has 0 bridgehead atoms. The summed E-state index contributed by atoms with van der Waals surface area (Å²) >= 11 is 0. The van der Waals surface area contributed by atoms with Gasteiger partial charge in [0.25, 0.3) is 0 Å². The highest BCUT2D eigenvalue weighted by Crippen LogP contribution is 2.53. The fraction of sp³-hybridized carbons (Fsp3) is 0.560. The lowest BCUT2D eigenvalue weighted by atomic mass is 9.86. The number of allylic oxidation sites excluding steroid dienone is 2. The Morgan fingerprint density at radius 1 is 0.929 bits per heavy atom. The van der Waals surface area contributed by atoms with Crippen molar-refractivity contribution in [3.8, 4) is 0 Å². The van der Waals surface area contributed by atoms with Crippen molar-refractivity contribution in [1.29, 1.82) is 0 Å². The van der Waals surface area contributed by atoms with Crippen molar-refractivity contribution >= 4 is 5.78 Å². The number of benzene rings is 1. The molecule has 28 heavy (non-hydrogen) atoms. The molecule has 3 rings (SSSR count). The first-order valence-electron chi connectivity index (χ1n) is 11.0. The van der Waals surface area contributed by atoms with Crippen molar-refractivity contribution in [2.45, 2.75) is 88.9 Å². The van der Waals surface area contributed by atoms with E-state index in [1.54, 1.807) is 24.3 Å². The van der Waals surface area contributed by atoms with Crippen molar-refractivity contribution in [3.05, 3.63) is 59.7 Å². The summed E-state index contributed by atoms with van der Waals surface area (Å²) in [5.41, 5.74) is 0.404. The van der Waals surface area contributed by atoms with E-state index < -0.39 is 11.4 Å². The van der Waals surface area contributed by atoms with E-state index in [4.69, 9.17) is 4.74 Å². The van der Waals surface area contributed by atoms with Crippen molar-refractivity contribution in [2.24, 2.45) is 0 Å². The molecule has 0 saturated carbocycles. The first kappa shape index (κ1) is 21.0. The van der Waals surface area contributed by atoms with Crippen LogP contribution in [0.25, 0.3) is 0 Å². The number of fused-ring (bicyclic) bond motifs is 1. The predicted octanol–water partition coefficient (Wildman–Crippen LogP) is 6.13. The zero-order chi connectivity index (χ0) is 19.9. The van der Waals surface area contributed by atoms with Crippen LogP contribution in [0.2, 0.25) is 0 Å². The molecule has 0 aromatic heterocycles. The standard InChI is InChI=1S/C25H34O3/c1-2-3-4-5-6-7-8-9-10-12-15-21-18-19-24(25(27,20-21)28-24)23(26)22-16-13-11-14-17-22/h11,13-14,16-20,27H,2-10,12,15H2,1H3. The molecule has 3 nitrogen and oxygen atoms in total. The van der Waals surface area contributed by atoms with Gasteiger partial charge < -0.3 is 9.84 Å². The van der Waals surface area contributed by atoms with Gasteiger partial charge in [-0.3, -0.25) is 4.79 Å². The van der Waals surface area contributed by atoms with E-state index in [2.05, 4.69) is 6.92 Å². The summed E-state index contributed by atoms with van der Waals surface area (Å²) < 4.78 is 5.54. The maximum Gasteiger partial charge on any atom is 0.229 e. The van der Waals surface area contributed by atoms with Gasteiger partial charge in [-0.15, -0.1) is 0 Å². The van der Waals surface area contributed by atoms with Crippen LogP contribution in [0.5, 0.6) is 0 Å². The molecule has 1 aromatic rings. The van der Waals surface area contributed by atoms with E-state index in [-0.39, 0.29) is 5.78 Å². The molecule has 3 heteroatoms. The Labute approximate surface area is 169 Å². The van der Waals surface area contributed by atoms with Crippen LogP contribution in [-0.4, -0.2) is 22.3 Å². The number of aliphatic hydroxyl groups is 1. The highest BCUT2D eigenvalue weighted by molar-refractivity contribution is 6.07. The first-order valence-corrected chi connectivity index (χ1v) is 11.0. The monoisotopic (exact) mass is 382 g/mol. The molecule has 1 saturated heterocycles. The number of hydrogen-bond acceptors (Lipinski definition) is 3. The second-order valence-corrected chi connectivity index (χ2v) is 8.21. The normalized spacial score (nSPS) is 25.3. The Bertz CT molecular complexity index is 706. The minimum absolute atomic E-state index is 0.180. The van der Waals surface area contributed by atoms with Crippen LogP contribution < -0.4 is 0 Å². The van der Waals surface area contributed by atoms with Crippen LogP contribution in [0.1, 0.15) is 87.9 Å². The number of carbonyl (C=O) groups is 1. The first-order chi connectivity index (χ1) is 13.6. The number of ether oxygens (including phenoxy) is 1. The van der Waals surface area contributed by atoms with Crippen LogP contribution in [0, 0.1) is 0 Å². The van der Waals surface area contributed by atoms with Gasteiger partial charge in [0.15, 0.2) is 0 Å². The lowest BCUT2D eigenvalue weighted by Gasteiger charge is -2.15. The predicted molar refractivity (Wildman–Crippen MR) is 113 cm³/mol. The van der Waals surface area contributed by atoms with Crippen molar-refractivity contribution in [2.75, 3.05) is 0 Å². The van der Waals surface area contributed by atoms with Crippen LogP contribution in [-0.2, 0) is 4.74 Å². The van der Waals surface area contributed by atoms with E-state index in [1.165, 1.54) is 57.8 Å². The van der Waals surface area contributed by atoms with E-state index in [9.17, 15) is 9.90 Å². The lowest BCUT2D eigenvalue weighted by Crippen LogP contribution is -2.33. The maximum absolute atomic E-state index is 12.8. The molecule has 2 aliphatic rings. The van der Waals surface area contributed by atoms with Crippen LogP contribution in [0.15, 0.2) is 54.1 Å². The van der Waals surface area contributed by atoms with Gasteiger partial charge in [0.05, 0.1) is 0 Å².